The van der Waals surface area contributed by atoms with Crippen LogP contribution in [0, 0.1) is 64.1 Å². The van der Waals surface area contributed by atoms with Gasteiger partial charge in [-0.1, -0.05) is 6.92 Å². The Morgan fingerprint density at radius 2 is 1.94 bits per heavy atom. The first-order chi connectivity index (χ1) is 16.7. The summed E-state index contributed by atoms with van der Waals surface area (Å²) in [7, 11) is 0. The zero-order valence-electron chi connectivity index (χ0n) is 21.1. The molecule has 0 radical (unpaired) electrons. The summed E-state index contributed by atoms with van der Waals surface area (Å²) in [6.07, 6.45) is 8.40. The molecule has 4 aliphatic rings. The highest BCUT2D eigenvalue weighted by Gasteiger charge is 2.61. The van der Waals surface area contributed by atoms with E-state index in [4.69, 9.17) is 10.00 Å². The zero-order chi connectivity index (χ0) is 24.8. The minimum Gasteiger partial charge on any atom is -0.381 e. The van der Waals surface area contributed by atoms with Gasteiger partial charge in [0.25, 0.3) is 0 Å². The summed E-state index contributed by atoms with van der Waals surface area (Å²) in [6.45, 7) is 5.74. The molecular formula is C28H40F3N3O. The van der Waals surface area contributed by atoms with Crippen LogP contribution in [0.15, 0.2) is 12.4 Å². The van der Waals surface area contributed by atoms with Gasteiger partial charge in [0, 0.05) is 19.4 Å². The molecule has 4 aliphatic carbocycles. The maximum Gasteiger partial charge on any atom is 0.393 e. The SMILES string of the molecule is CCOC[C@H]1CC[C@@H]2C3CC[C@]4(C)C(C(Cn5cc(C#N)cn5)C(F)(F)F)CCC4[C@@H]3CC[C@@H]2C1. The lowest BCUT2D eigenvalue weighted by Gasteiger charge is -2.57. The van der Waals surface area contributed by atoms with Gasteiger partial charge in [0.05, 0.1) is 24.2 Å². The molecule has 35 heavy (non-hydrogen) atoms. The third-order valence-electron chi connectivity index (χ3n) is 10.7. The van der Waals surface area contributed by atoms with Gasteiger partial charge in [0.1, 0.15) is 6.07 Å². The summed E-state index contributed by atoms with van der Waals surface area (Å²) in [5.74, 6) is 2.16. The van der Waals surface area contributed by atoms with E-state index in [1.807, 2.05) is 6.07 Å². The smallest absolute Gasteiger partial charge is 0.381 e. The number of hydrogen-bond acceptors (Lipinski definition) is 3. The van der Waals surface area contributed by atoms with Crippen molar-refractivity contribution in [2.75, 3.05) is 13.2 Å². The van der Waals surface area contributed by atoms with E-state index in [9.17, 15) is 13.2 Å². The standard InChI is InChI=1S/C28H40F3N3O/c1-3-35-17-18-4-6-21-20(12-18)5-7-23-22(21)10-11-27(2)24(23)8-9-25(27)26(28(29,30)31)16-34-15-19(13-32)14-33-34/h14-15,18,20-26H,3-12,16-17H2,1-2H3/t18-,20+,21-,22?,23+,24?,25?,26?,27-/m0/s1. The van der Waals surface area contributed by atoms with Gasteiger partial charge in [-0.15, -0.1) is 0 Å². The van der Waals surface area contributed by atoms with Crippen molar-refractivity contribution < 1.29 is 17.9 Å². The Hall–Kier alpha value is -1.55. The minimum absolute atomic E-state index is 0.182. The third kappa shape index (κ3) is 4.65. The average Bonchev–Trinajstić information content (AvgIpc) is 3.43. The summed E-state index contributed by atoms with van der Waals surface area (Å²) < 4.78 is 50.4. The molecule has 0 aromatic carbocycles. The first-order valence-electron chi connectivity index (χ1n) is 13.8. The summed E-state index contributed by atoms with van der Waals surface area (Å²) in [6, 6.07) is 1.98. The van der Waals surface area contributed by atoms with Gasteiger partial charge in [0.2, 0.25) is 0 Å². The number of hydrogen-bond donors (Lipinski definition) is 0. The Bertz CT molecular complexity index is 923. The average molecular weight is 492 g/mol. The number of rotatable bonds is 6. The van der Waals surface area contributed by atoms with E-state index in [-0.39, 0.29) is 17.9 Å². The molecule has 1 aromatic rings. The largest absolute Gasteiger partial charge is 0.393 e. The number of fused-ring (bicyclic) bond motifs is 5. The Labute approximate surface area is 207 Å². The predicted molar refractivity (Wildman–Crippen MR) is 127 cm³/mol. The number of aromatic nitrogens is 2. The van der Waals surface area contributed by atoms with E-state index in [0.717, 1.165) is 44.3 Å². The van der Waals surface area contributed by atoms with Crippen LogP contribution in [0.3, 0.4) is 0 Å². The first kappa shape index (κ1) is 25.1. The highest BCUT2D eigenvalue weighted by Crippen LogP contribution is 2.66. The second kappa shape index (κ2) is 9.72. The van der Waals surface area contributed by atoms with Crippen LogP contribution in [-0.4, -0.2) is 29.2 Å². The van der Waals surface area contributed by atoms with Gasteiger partial charge in [-0.25, -0.2) is 0 Å². The predicted octanol–water partition coefficient (Wildman–Crippen LogP) is 6.85. The Morgan fingerprint density at radius 3 is 2.66 bits per heavy atom. The number of nitrogens with zero attached hydrogens (tertiary/aromatic N) is 3. The summed E-state index contributed by atoms with van der Waals surface area (Å²) in [5.41, 5.74) is 0.0562. The highest BCUT2D eigenvalue weighted by atomic mass is 19.4. The van der Waals surface area contributed by atoms with E-state index in [2.05, 4.69) is 18.9 Å². The fraction of sp³-hybridized carbons (Fsp3) is 0.857. The maximum absolute atomic E-state index is 14.4. The van der Waals surface area contributed by atoms with Crippen molar-refractivity contribution in [3.05, 3.63) is 18.0 Å². The van der Waals surface area contributed by atoms with Crippen molar-refractivity contribution in [1.82, 2.24) is 9.78 Å². The molecule has 7 heteroatoms. The van der Waals surface area contributed by atoms with E-state index in [0.29, 0.717) is 35.7 Å². The van der Waals surface area contributed by atoms with Crippen molar-refractivity contribution in [3.63, 3.8) is 0 Å². The molecule has 4 fully saturated rings. The molecule has 0 N–H and O–H groups in total. The summed E-state index contributed by atoms with van der Waals surface area (Å²) in [5, 5.41) is 13.1. The molecule has 5 rings (SSSR count). The van der Waals surface area contributed by atoms with Crippen molar-refractivity contribution in [2.45, 2.75) is 84.4 Å². The molecule has 194 valence electrons. The molecule has 0 aliphatic heterocycles. The second-order valence-electron chi connectivity index (χ2n) is 12.2. The zero-order valence-corrected chi connectivity index (χ0v) is 21.1. The molecule has 0 amide bonds. The van der Waals surface area contributed by atoms with Gasteiger partial charge in [-0.2, -0.15) is 23.5 Å². The second-order valence-corrected chi connectivity index (χ2v) is 12.2. The number of ether oxygens (including phenoxy) is 1. The van der Waals surface area contributed by atoms with Crippen LogP contribution in [0.5, 0.6) is 0 Å². The molecule has 4 unspecified atom stereocenters. The van der Waals surface area contributed by atoms with E-state index >= 15 is 0 Å². The van der Waals surface area contributed by atoms with Gasteiger partial charge < -0.3 is 4.74 Å². The lowest BCUT2D eigenvalue weighted by atomic mass is 9.48. The molecule has 1 heterocycles. The van der Waals surface area contributed by atoms with Crippen LogP contribution in [0.2, 0.25) is 0 Å². The van der Waals surface area contributed by atoms with E-state index in [1.165, 1.54) is 49.2 Å². The van der Waals surface area contributed by atoms with Crippen molar-refractivity contribution in [2.24, 2.45) is 52.8 Å². The molecule has 0 saturated heterocycles. The summed E-state index contributed by atoms with van der Waals surface area (Å²) in [4.78, 5) is 0. The number of halogens is 3. The van der Waals surface area contributed by atoms with Gasteiger partial charge in [0.15, 0.2) is 0 Å². The lowest BCUT2D eigenvalue weighted by molar-refractivity contribution is -0.209. The Balaban J connectivity index is 1.31. The minimum atomic E-state index is -4.27. The van der Waals surface area contributed by atoms with Gasteiger partial charge in [-0.3, -0.25) is 4.68 Å². The Morgan fingerprint density at radius 1 is 1.14 bits per heavy atom. The fourth-order valence-corrected chi connectivity index (χ4v) is 9.27. The quantitative estimate of drug-likeness (QED) is 0.437. The number of nitriles is 1. The third-order valence-corrected chi connectivity index (χ3v) is 10.7. The number of alkyl halides is 3. The van der Waals surface area contributed by atoms with Crippen LogP contribution in [0.1, 0.15) is 77.2 Å². The topological polar surface area (TPSA) is 50.8 Å². The normalized spacial score (nSPS) is 39.8. The lowest BCUT2D eigenvalue weighted by Crippen LogP contribution is -2.50. The Kier molecular flexibility index (Phi) is 6.98. The van der Waals surface area contributed by atoms with Crippen LogP contribution >= 0.6 is 0 Å². The van der Waals surface area contributed by atoms with Crippen molar-refractivity contribution in [1.29, 1.82) is 5.26 Å². The van der Waals surface area contributed by atoms with Crippen molar-refractivity contribution >= 4 is 0 Å². The molecule has 0 spiro atoms. The van der Waals surface area contributed by atoms with Crippen LogP contribution in [-0.2, 0) is 11.3 Å². The summed E-state index contributed by atoms with van der Waals surface area (Å²) >= 11 is 0. The van der Waals surface area contributed by atoms with E-state index < -0.39 is 12.1 Å². The molecular weight excluding hydrogens is 451 g/mol. The molecule has 0 bridgehead atoms. The first-order valence-corrected chi connectivity index (χ1v) is 13.8. The van der Waals surface area contributed by atoms with Crippen molar-refractivity contribution in [3.8, 4) is 6.07 Å². The molecule has 4 nitrogen and oxygen atoms in total. The maximum atomic E-state index is 14.4. The van der Waals surface area contributed by atoms with E-state index in [1.54, 1.807) is 0 Å². The van der Waals surface area contributed by atoms with Gasteiger partial charge >= 0.3 is 6.18 Å². The van der Waals surface area contributed by atoms with Gasteiger partial charge in [-0.05, 0) is 112 Å². The monoisotopic (exact) mass is 491 g/mol. The van der Waals surface area contributed by atoms with Crippen LogP contribution in [0.25, 0.3) is 0 Å². The molecule has 1 aromatic heterocycles. The highest BCUT2D eigenvalue weighted by molar-refractivity contribution is 5.21. The fourth-order valence-electron chi connectivity index (χ4n) is 9.27. The molecule has 4 saturated carbocycles. The van der Waals surface area contributed by atoms with Crippen LogP contribution < -0.4 is 0 Å². The molecule has 9 atom stereocenters. The van der Waals surface area contributed by atoms with Crippen LogP contribution in [0.4, 0.5) is 13.2 Å².